The molecule has 2 aromatic rings. The van der Waals surface area contributed by atoms with Crippen LogP contribution in [-0.4, -0.2) is 12.1 Å². The second-order valence-electron chi connectivity index (χ2n) is 4.97. The minimum absolute atomic E-state index is 0.0785. The molecule has 19 heavy (non-hydrogen) atoms. The molecular formula is C16H16N2O. The number of rotatable bonds is 3. The highest BCUT2D eigenvalue weighted by molar-refractivity contribution is 5.73. The van der Waals surface area contributed by atoms with Crippen LogP contribution in [0.5, 0.6) is 0 Å². The third-order valence-corrected chi connectivity index (χ3v) is 3.86. The summed E-state index contributed by atoms with van der Waals surface area (Å²) in [6.45, 7) is 0. The van der Waals surface area contributed by atoms with Crippen LogP contribution in [0.4, 0.5) is 4.79 Å². The highest BCUT2D eigenvalue weighted by Crippen LogP contribution is 2.53. The van der Waals surface area contributed by atoms with Gasteiger partial charge in [0.25, 0.3) is 0 Å². The monoisotopic (exact) mass is 252 g/mol. The Morgan fingerprint density at radius 3 is 1.89 bits per heavy atom. The average molecular weight is 252 g/mol. The number of carbonyl (C=O) groups excluding carboxylic acids is 1. The van der Waals surface area contributed by atoms with Crippen molar-refractivity contribution in [2.45, 2.75) is 17.9 Å². The van der Waals surface area contributed by atoms with E-state index in [9.17, 15) is 4.79 Å². The first-order chi connectivity index (χ1) is 9.23. The first-order valence-electron chi connectivity index (χ1n) is 6.40. The largest absolute Gasteiger partial charge is 0.352 e. The molecule has 1 saturated carbocycles. The van der Waals surface area contributed by atoms with Crippen molar-refractivity contribution >= 4 is 6.03 Å². The fourth-order valence-corrected chi connectivity index (χ4v) is 2.88. The lowest BCUT2D eigenvalue weighted by Crippen LogP contribution is -2.35. The van der Waals surface area contributed by atoms with Gasteiger partial charge in [-0.1, -0.05) is 60.7 Å². The Balaban J connectivity index is 2.02. The van der Waals surface area contributed by atoms with Gasteiger partial charge < -0.3 is 11.1 Å². The Bertz CT molecular complexity index is 541. The van der Waals surface area contributed by atoms with Crippen molar-refractivity contribution in [2.24, 2.45) is 5.73 Å². The van der Waals surface area contributed by atoms with Crippen LogP contribution in [0.15, 0.2) is 60.7 Å². The van der Waals surface area contributed by atoms with Gasteiger partial charge in [0.1, 0.15) is 0 Å². The zero-order valence-corrected chi connectivity index (χ0v) is 10.5. The number of hydrogen-bond donors (Lipinski definition) is 2. The Labute approximate surface area is 112 Å². The molecule has 2 aromatic carbocycles. The maximum atomic E-state index is 11.1. The van der Waals surface area contributed by atoms with Crippen LogP contribution in [0.25, 0.3) is 0 Å². The molecule has 96 valence electrons. The van der Waals surface area contributed by atoms with E-state index in [1.165, 1.54) is 11.1 Å². The number of nitrogens with one attached hydrogen (secondary N) is 1. The minimum Gasteiger partial charge on any atom is -0.352 e. The molecule has 1 aliphatic carbocycles. The molecule has 3 N–H and O–H groups in total. The van der Waals surface area contributed by atoms with Gasteiger partial charge in [0.15, 0.2) is 0 Å². The molecule has 0 radical (unpaired) electrons. The van der Waals surface area contributed by atoms with Crippen molar-refractivity contribution in [3.05, 3.63) is 71.8 Å². The van der Waals surface area contributed by atoms with E-state index < -0.39 is 6.03 Å². The SMILES string of the molecule is NC(=O)N[C@H]1CC1(c1ccccc1)c1ccccc1. The van der Waals surface area contributed by atoms with Gasteiger partial charge >= 0.3 is 6.03 Å². The molecular weight excluding hydrogens is 236 g/mol. The molecule has 0 saturated heterocycles. The zero-order valence-electron chi connectivity index (χ0n) is 10.5. The third kappa shape index (κ3) is 1.97. The molecule has 0 unspecified atom stereocenters. The number of primary amides is 1. The fraction of sp³-hybridized carbons (Fsp3) is 0.188. The van der Waals surface area contributed by atoms with E-state index in [2.05, 4.69) is 29.6 Å². The second-order valence-corrected chi connectivity index (χ2v) is 4.97. The van der Waals surface area contributed by atoms with Crippen molar-refractivity contribution in [2.75, 3.05) is 0 Å². The van der Waals surface area contributed by atoms with Crippen LogP contribution < -0.4 is 11.1 Å². The van der Waals surface area contributed by atoms with Gasteiger partial charge in [0, 0.05) is 11.5 Å². The lowest BCUT2D eigenvalue weighted by Gasteiger charge is -2.19. The summed E-state index contributed by atoms with van der Waals surface area (Å²) in [6, 6.07) is 20.2. The van der Waals surface area contributed by atoms with E-state index in [0.29, 0.717) is 0 Å². The average Bonchev–Trinajstić information content (AvgIpc) is 3.15. The van der Waals surface area contributed by atoms with Crippen LogP contribution in [0, 0.1) is 0 Å². The van der Waals surface area contributed by atoms with E-state index in [4.69, 9.17) is 5.73 Å². The molecule has 2 amide bonds. The summed E-state index contributed by atoms with van der Waals surface area (Å²) in [7, 11) is 0. The maximum absolute atomic E-state index is 11.1. The normalized spacial score (nSPS) is 19.7. The van der Waals surface area contributed by atoms with Crippen LogP contribution in [0.2, 0.25) is 0 Å². The van der Waals surface area contributed by atoms with E-state index >= 15 is 0 Å². The Kier molecular flexibility index (Phi) is 2.75. The van der Waals surface area contributed by atoms with Crippen molar-refractivity contribution in [3.8, 4) is 0 Å². The fourth-order valence-electron chi connectivity index (χ4n) is 2.88. The summed E-state index contributed by atoms with van der Waals surface area (Å²) in [5.74, 6) is 0. The molecule has 0 heterocycles. The summed E-state index contributed by atoms with van der Waals surface area (Å²) >= 11 is 0. The highest BCUT2D eigenvalue weighted by atomic mass is 16.2. The van der Waals surface area contributed by atoms with Gasteiger partial charge in [-0.3, -0.25) is 0 Å². The number of nitrogens with two attached hydrogens (primary N) is 1. The van der Waals surface area contributed by atoms with Gasteiger partial charge in [-0.2, -0.15) is 0 Å². The minimum atomic E-state index is -0.460. The lowest BCUT2D eigenvalue weighted by atomic mass is 9.87. The molecule has 3 rings (SSSR count). The first kappa shape index (κ1) is 11.8. The zero-order chi connectivity index (χ0) is 13.3. The summed E-state index contributed by atoms with van der Waals surface area (Å²) in [5.41, 5.74) is 7.58. The van der Waals surface area contributed by atoms with Crippen LogP contribution in [-0.2, 0) is 5.41 Å². The van der Waals surface area contributed by atoms with Crippen molar-refractivity contribution < 1.29 is 4.79 Å². The van der Waals surface area contributed by atoms with Crippen molar-refractivity contribution in [1.29, 1.82) is 0 Å². The predicted octanol–water partition coefficient (Wildman–Crippen LogP) is 2.41. The van der Waals surface area contributed by atoms with Crippen LogP contribution in [0.3, 0.4) is 0 Å². The summed E-state index contributed by atoms with van der Waals surface area (Å²) in [6.07, 6.45) is 0.893. The van der Waals surface area contributed by atoms with Crippen molar-refractivity contribution in [1.82, 2.24) is 5.32 Å². The van der Waals surface area contributed by atoms with Gasteiger partial charge in [0.05, 0.1) is 0 Å². The predicted molar refractivity (Wildman–Crippen MR) is 74.8 cm³/mol. The topological polar surface area (TPSA) is 55.1 Å². The highest BCUT2D eigenvalue weighted by Gasteiger charge is 2.57. The van der Waals surface area contributed by atoms with E-state index in [0.717, 1.165) is 6.42 Å². The molecule has 0 bridgehead atoms. The van der Waals surface area contributed by atoms with Crippen LogP contribution >= 0.6 is 0 Å². The number of hydrogen-bond acceptors (Lipinski definition) is 1. The lowest BCUT2D eigenvalue weighted by molar-refractivity contribution is 0.248. The number of carbonyl (C=O) groups is 1. The van der Waals surface area contributed by atoms with E-state index in [-0.39, 0.29) is 11.5 Å². The summed E-state index contributed by atoms with van der Waals surface area (Å²) < 4.78 is 0. The van der Waals surface area contributed by atoms with Crippen molar-refractivity contribution in [3.63, 3.8) is 0 Å². The standard InChI is InChI=1S/C16H16N2O/c17-15(19)18-14-11-16(14,12-7-3-1-4-8-12)13-9-5-2-6-10-13/h1-10,14H,11H2,(H3,17,18,19)/t14-/m0/s1. The number of benzene rings is 2. The summed E-state index contributed by atoms with van der Waals surface area (Å²) in [4.78, 5) is 11.1. The van der Waals surface area contributed by atoms with E-state index in [1.807, 2.05) is 36.4 Å². The number of amides is 2. The van der Waals surface area contributed by atoms with Gasteiger partial charge in [-0.15, -0.1) is 0 Å². The van der Waals surface area contributed by atoms with Gasteiger partial charge in [-0.25, -0.2) is 4.79 Å². The summed E-state index contributed by atoms with van der Waals surface area (Å²) in [5, 5.41) is 2.84. The smallest absolute Gasteiger partial charge is 0.312 e. The maximum Gasteiger partial charge on any atom is 0.312 e. The Morgan fingerprint density at radius 2 is 1.47 bits per heavy atom. The van der Waals surface area contributed by atoms with Crippen LogP contribution in [0.1, 0.15) is 17.5 Å². The first-order valence-corrected chi connectivity index (χ1v) is 6.40. The quantitative estimate of drug-likeness (QED) is 0.866. The van der Waals surface area contributed by atoms with Gasteiger partial charge in [-0.05, 0) is 17.5 Å². The molecule has 0 spiro atoms. The second kappa shape index (κ2) is 4.43. The molecule has 3 nitrogen and oxygen atoms in total. The van der Waals surface area contributed by atoms with Gasteiger partial charge in [0.2, 0.25) is 0 Å². The molecule has 1 fully saturated rings. The Morgan fingerprint density at radius 1 is 1.00 bits per heavy atom. The third-order valence-electron chi connectivity index (χ3n) is 3.86. The van der Waals surface area contributed by atoms with E-state index in [1.54, 1.807) is 0 Å². The molecule has 3 heteroatoms. The molecule has 1 aliphatic rings. The molecule has 0 aliphatic heterocycles. The molecule has 1 atom stereocenters. The Hall–Kier alpha value is -2.29. The molecule has 0 aromatic heterocycles. The number of urea groups is 1.